The number of hydrogen-bond donors (Lipinski definition) is 2. The number of esters is 1. The number of rotatable bonds is 7. The number of nitrogens with one attached hydrogen (secondary N) is 1. The summed E-state index contributed by atoms with van der Waals surface area (Å²) in [7, 11) is 1.21. The molecule has 2 heterocycles. The predicted molar refractivity (Wildman–Crippen MR) is 116 cm³/mol. The molecule has 0 saturated carbocycles. The van der Waals surface area contributed by atoms with Crippen molar-refractivity contribution in [3.05, 3.63) is 69.0 Å². The number of hydrogen-bond acceptors (Lipinski definition) is 7. The predicted octanol–water partition coefficient (Wildman–Crippen LogP) is 3.98. The van der Waals surface area contributed by atoms with E-state index in [9.17, 15) is 14.4 Å². The molecule has 1 aromatic carbocycles. The summed E-state index contributed by atoms with van der Waals surface area (Å²) in [6, 6.07) is 9.03. The Morgan fingerprint density at radius 2 is 1.87 bits per heavy atom. The van der Waals surface area contributed by atoms with Crippen LogP contribution in [0.5, 0.6) is 5.75 Å². The number of carbonyl (C=O) groups is 3. The van der Waals surface area contributed by atoms with E-state index in [2.05, 4.69) is 5.32 Å². The van der Waals surface area contributed by atoms with Crippen molar-refractivity contribution in [2.45, 2.75) is 27.4 Å². The van der Waals surface area contributed by atoms with Gasteiger partial charge in [0.15, 0.2) is 5.76 Å². The van der Waals surface area contributed by atoms with Crippen LogP contribution in [0.4, 0.5) is 5.00 Å². The Morgan fingerprint density at radius 3 is 2.55 bits per heavy atom. The summed E-state index contributed by atoms with van der Waals surface area (Å²) in [6.07, 6.45) is 0. The Morgan fingerprint density at radius 1 is 1.13 bits per heavy atom. The molecule has 31 heavy (non-hydrogen) atoms. The van der Waals surface area contributed by atoms with E-state index in [-0.39, 0.29) is 27.8 Å². The van der Waals surface area contributed by atoms with Crippen LogP contribution >= 0.6 is 11.3 Å². The molecule has 0 spiro atoms. The highest BCUT2D eigenvalue weighted by molar-refractivity contribution is 7.18. The third-order valence-electron chi connectivity index (χ3n) is 4.59. The van der Waals surface area contributed by atoms with Crippen molar-refractivity contribution in [1.29, 1.82) is 0 Å². The van der Waals surface area contributed by atoms with Gasteiger partial charge in [-0.15, -0.1) is 11.3 Å². The number of carbonyl (C=O) groups excluding carboxylic acids is 3. The van der Waals surface area contributed by atoms with Gasteiger partial charge in [0, 0.05) is 0 Å². The van der Waals surface area contributed by atoms with Gasteiger partial charge in [-0.3, -0.25) is 9.59 Å². The van der Waals surface area contributed by atoms with Crippen LogP contribution in [-0.2, 0) is 11.3 Å². The van der Waals surface area contributed by atoms with Crippen LogP contribution in [0.3, 0.4) is 0 Å². The molecule has 0 unspecified atom stereocenters. The van der Waals surface area contributed by atoms with Crippen molar-refractivity contribution in [3.63, 3.8) is 0 Å². The summed E-state index contributed by atoms with van der Waals surface area (Å²) < 4.78 is 16.1. The molecule has 2 amide bonds. The standard InChI is InChI=1S/C22H22N2O6S/c1-11-5-6-12(2)16(9-11)29-10-14-7-8-15(30-14)20(26)24-21-17(22(27)28-4)13(3)18(31-21)19(23)25/h5-9H,10H2,1-4H3,(H2,23,25)(H,24,26). The number of methoxy groups -OCH3 is 1. The van der Waals surface area contributed by atoms with Crippen molar-refractivity contribution < 1.29 is 28.3 Å². The number of amides is 2. The topological polar surface area (TPSA) is 121 Å². The second-order valence-corrected chi connectivity index (χ2v) is 7.91. The van der Waals surface area contributed by atoms with Gasteiger partial charge in [0.05, 0.1) is 17.6 Å². The minimum atomic E-state index is -0.697. The number of aryl methyl sites for hydroxylation is 2. The molecular formula is C22H22N2O6S. The number of ether oxygens (including phenoxy) is 2. The number of nitrogens with two attached hydrogens (primary N) is 1. The van der Waals surface area contributed by atoms with Crippen LogP contribution in [0.1, 0.15) is 53.0 Å². The SMILES string of the molecule is COC(=O)c1c(NC(=O)c2ccc(COc3cc(C)ccc3C)o2)sc(C(N)=O)c1C. The van der Waals surface area contributed by atoms with Gasteiger partial charge in [-0.25, -0.2) is 4.79 Å². The fraction of sp³-hybridized carbons (Fsp3) is 0.227. The lowest BCUT2D eigenvalue weighted by molar-refractivity contribution is 0.0601. The fourth-order valence-corrected chi connectivity index (χ4v) is 3.98. The number of furan rings is 1. The molecule has 0 aliphatic heterocycles. The molecule has 2 aromatic heterocycles. The molecule has 162 valence electrons. The Hall–Kier alpha value is -3.59. The minimum Gasteiger partial charge on any atom is -0.485 e. The quantitative estimate of drug-likeness (QED) is 0.534. The second-order valence-electron chi connectivity index (χ2n) is 6.89. The second kappa shape index (κ2) is 9.05. The van der Waals surface area contributed by atoms with E-state index >= 15 is 0 Å². The van der Waals surface area contributed by atoms with Gasteiger partial charge >= 0.3 is 5.97 Å². The lowest BCUT2D eigenvalue weighted by Crippen LogP contribution is -2.14. The molecule has 9 heteroatoms. The van der Waals surface area contributed by atoms with Gasteiger partial charge in [-0.05, 0) is 55.7 Å². The maximum atomic E-state index is 12.6. The van der Waals surface area contributed by atoms with E-state index in [1.165, 1.54) is 13.2 Å². The molecule has 0 aliphatic rings. The van der Waals surface area contributed by atoms with Gasteiger partial charge in [-0.2, -0.15) is 0 Å². The average molecular weight is 442 g/mol. The zero-order chi connectivity index (χ0) is 22.7. The van der Waals surface area contributed by atoms with Crippen LogP contribution in [0.25, 0.3) is 0 Å². The van der Waals surface area contributed by atoms with Crippen molar-refractivity contribution in [2.24, 2.45) is 5.73 Å². The van der Waals surface area contributed by atoms with Gasteiger partial charge in [0.1, 0.15) is 23.1 Å². The van der Waals surface area contributed by atoms with Crippen LogP contribution < -0.4 is 15.8 Å². The molecule has 8 nitrogen and oxygen atoms in total. The van der Waals surface area contributed by atoms with E-state index in [0.29, 0.717) is 11.3 Å². The van der Waals surface area contributed by atoms with Crippen molar-refractivity contribution in [3.8, 4) is 5.75 Å². The number of benzene rings is 1. The monoisotopic (exact) mass is 442 g/mol. The smallest absolute Gasteiger partial charge is 0.341 e. The van der Waals surface area contributed by atoms with E-state index < -0.39 is 17.8 Å². The number of anilines is 1. The van der Waals surface area contributed by atoms with E-state index in [1.54, 1.807) is 13.0 Å². The van der Waals surface area contributed by atoms with Crippen molar-refractivity contribution >= 4 is 34.1 Å². The molecule has 0 bridgehead atoms. The molecule has 0 fully saturated rings. The van der Waals surface area contributed by atoms with Crippen molar-refractivity contribution in [1.82, 2.24) is 0 Å². The average Bonchev–Trinajstić information content (AvgIpc) is 3.33. The number of thiophene rings is 1. The van der Waals surface area contributed by atoms with Gasteiger partial charge in [0.25, 0.3) is 11.8 Å². The summed E-state index contributed by atoms with van der Waals surface area (Å²) in [5, 5.41) is 2.76. The highest BCUT2D eigenvalue weighted by atomic mass is 32.1. The molecule has 0 atom stereocenters. The third kappa shape index (κ3) is 4.77. The first kappa shape index (κ1) is 22.1. The maximum Gasteiger partial charge on any atom is 0.341 e. The van der Waals surface area contributed by atoms with E-state index in [4.69, 9.17) is 19.6 Å². The molecule has 3 aromatic rings. The van der Waals surface area contributed by atoms with E-state index in [1.807, 2.05) is 32.0 Å². The first-order valence-electron chi connectivity index (χ1n) is 9.32. The summed E-state index contributed by atoms with van der Waals surface area (Å²) in [5.74, 6) is -0.740. The fourth-order valence-electron chi connectivity index (χ4n) is 2.94. The first-order chi connectivity index (χ1) is 14.7. The van der Waals surface area contributed by atoms with E-state index in [0.717, 1.165) is 28.2 Å². The largest absolute Gasteiger partial charge is 0.485 e. The molecule has 0 saturated heterocycles. The number of primary amides is 1. The Balaban J connectivity index is 1.76. The molecule has 0 radical (unpaired) electrons. The highest BCUT2D eigenvalue weighted by Crippen LogP contribution is 2.34. The summed E-state index contributed by atoms with van der Waals surface area (Å²) >= 11 is 0.905. The molecular weight excluding hydrogens is 420 g/mol. The minimum absolute atomic E-state index is 0.0297. The van der Waals surface area contributed by atoms with Gasteiger partial charge in [-0.1, -0.05) is 12.1 Å². The van der Waals surface area contributed by atoms with Crippen LogP contribution in [0, 0.1) is 20.8 Å². The Kier molecular flexibility index (Phi) is 6.45. The zero-order valence-electron chi connectivity index (χ0n) is 17.5. The lowest BCUT2D eigenvalue weighted by atomic mass is 10.1. The Labute approximate surface area is 183 Å². The molecule has 3 N–H and O–H groups in total. The summed E-state index contributed by atoms with van der Waals surface area (Å²) in [5.41, 5.74) is 7.85. The van der Waals surface area contributed by atoms with Crippen LogP contribution in [0.2, 0.25) is 0 Å². The summed E-state index contributed by atoms with van der Waals surface area (Å²) in [6.45, 7) is 5.63. The van der Waals surface area contributed by atoms with Crippen molar-refractivity contribution in [2.75, 3.05) is 12.4 Å². The molecule has 3 rings (SSSR count). The van der Waals surface area contributed by atoms with Gasteiger partial charge in [0.2, 0.25) is 0 Å². The highest BCUT2D eigenvalue weighted by Gasteiger charge is 2.26. The van der Waals surface area contributed by atoms with Crippen LogP contribution in [0.15, 0.2) is 34.7 Å². The lowest BCUT2D eigenvalue weighted by Gasteiger charge is -2.08. The first-order valence-corrected chi connectivity index (χ1v) is 10.1. The third-order valence-corrected chi connectivity index (χ3v) is 5.81. The molecule has 0 aliphatic carbocycles. The van der Waals surface area contributed by atoms with Crippen LogP contribution in [-0.4, -0.2) is 24.9 Å². The van der Waals surface area contributed by atoms with Gasteiger partial charge < -0.3 is 24.9 Å². The zero-order valence-corrected chi connectivity index (χ0v) is 18.3. The summed E-state index contributed by atoms with van der Waals surface area (Å²) in [4.78, 5) is 36.6. The Bertz CT molecular complexity index is 1160. The normalized spacial score (nSPS) is 10.6. The maximum absolute atomic E-state index is 12.6.